The van der Waals surface area contributed by atoms with Crippen molar-refractivity contribution in [1.82, 2.24) is 15.1 Å². The van der Waals surface area contributed by atoms with Gasteiger partial charge in [-0.1, -0.05) is 13.8 Å². The number of hydrogen-bond donors (Lipinski definition) is 1. The van der Waals surface area contributed by atoms with E-state index in [1.54, 1.807) is 0 Å². The smallest absolute Gasteiger partial charge is 0.0635 e. The van der Waals surface area contributed by atoms with Gasteiger partial charge in [0.25, 0.3) is 0 Å². The molecule has 0 radical (unpaired) electrons. The minimum Gasteiger partial charge on any atom is -0.312 e. The fourth-order valence-corrected chi connectivity index (χ4v) is 2.74. The van der Waals surface area contributed by atoms with E-state index in [1.165, 1.54) is 5.69 Å². The van der Waals surface area contributed by atoms with Crippen LogP contribution in [0.15, 0.2) is 10.7 Å². The predicted octanol–water partition coefficient (Wildman–Crippen LogP) is 4.35. The summed E-state index contributed by atoms with van der Waals surface area (Å²) in [4.78, 5) is 0. The van der Waals surface area contributed by atoms with Crippen molar-refractivity contribution in [1.29, 1.82) is 0 Å². The highest BCUT2D eigenvalue weighted by Gasteiger charge is 2.23. The second-order valence-corrected chi connectivity index (χ2v) is 7.67. The van der Waals surface area contributed by atoms with Crippen LogP contribution in [0.2, 0.25) is 0 Å². The van der Waals surface area contributed by atoms with Crippen LogP contribution in [-0.2, 0) is 0 Å². The van der Waals surface area contributed by atoms with E-state index in [-0.39, 0.29) is 5.54 Å². The SMILES string of the molecule is CC(CNC(C)(C)C)C(C)c1c(Br)cnn1C(C)C. The predicted molar refractivity (Wildman–Crippen MR) is 85.6 cm³/mol. The molecule has 110 valence electrons. The molecule has 0 aliphatic carbocycles. The van der Waals surface area contributed by atoms with Gasteiger partial charge in [-0.05, 0) is 63.0 Å². The van der Waals surface area contributed by atoms with E-state index in [9.17, 15) is 0 Å². The number of nitrogens with one attached hydrogen (secondary N) is 1. The van der Waals surface area contributed by atoms with Gasteiger partial charge in [-0.15, -0.1) is 0 Å². The Hall–Kier alpha value is -0.350. The monoisotopic (exact) mass is 329 g/mol. The van der Waals surface area contributed by atoms with Gasteiger partial charge in [0.15, 0.2) is 0 Å². The molecule has 0 amide bonds. The molecule has 1 rings (SSSR count). The first-order valence-electron chi connectivity index (χ1n) is 7.11. The average molecular weight is 330 g/mol. The van der Waals surface area contributed by atoms with Crippen molar-refractivity contribution < 1.29 is 0 Å². The maximum absolute atomic E-state index is 4.48. The molecule has 19 heavy (non-hydrogen) atoms. The summed E-state index contributed by atoms with van der Waals surface area (Å²) in [6, 6.07) is 0.395. The number of rotatable bonds is 5. The van der Waals surface area contributed by atoms with E-state index < -0.39 is 0 Å². The minimum atomic E-state index is 0.170. The molecule has 0 aliphatic rings. The van der Waals surface area contributed by atoms with Crippen LogP contribution in [-0.4, -0.2) is 21.9 Å². The molecule has 0 aromatic carbocycles. The fraction of sp³-hybridized carbons (Fsp3) is 0.800. The van der Waals surface area contributed by atoms with E-state index in [0.29, 0.717) is 17.9 Å². The molecule has 1 aromatic heterocycles. The van der Waals surface area contributed by atoms with Crippen molar-refractivity contribution in [2.45, 2.75) is 66.0 Å². The molecule has 0 fully saturated rings. The van der Waals surface area contributed by atoms with Crippen LogP contribution in [0, 0.1) is 5.92 Å². The molecule has 2 unspecified atom stereocenters. The molecule has 0 bridgehead atoms. The van der Waals surface area contributed by atoms with Gasteiger partial charge < -0.3 is 5.32 Å². The summed E-state index contributed by atoms with van der Waals surface area (Å²) in [5.41, 5.74) is 1.47. The Morgan fingerprint density at radius 1 is 1.26 bits per heavy atom. The van der Waals surface area contributed by atoms with Crippen LogP contribution in [0.4, 0.5) is 0 Å². The second-order valence-electron chi connectivity index (χ2n) is 6.81. The molecular formula is C15H28BrN3. The Kier molecular flexibility index (Phi) is 5.63. The zero-order valence-electron chi connectivity index (χ0n) is 13.3. The van der Waals surface area contributed by atoms with Crippen molar-refractivity contribution in [3.05, 3.63) is 16.4 Å². The second kappa shape index (κ2) is 6.40. The van der Waals surface area contributed by atoms with Crippen LogP contribution in [0.25, 0.3) is 0 Å². The van der Waals surface area contributed by atoms with Crippen molar-refractivity contribution >= 4 is 15.9 Å². The van der Waals surface area contributed by atoms with Crippen molar-refractivity contribution in [2.75, 3.05) is 6.54 Å². The van der Waals surface area contributed by atoms with E-state index in [0.717, 1.165) is 11.0 Å². The standard InChI is InChI=1S/C15H28BrN3/c1-10(2)19-14(13(16)9-18-19)12(4)11(3)8-17-15(5,6)7/h9-12,17H,8H2,1-7H3. The Bertz CT molecular complexity index is 404. The number of aromatic nitrogens is 2. The van der Waals surface area contributed by atoms with Gasteiger partial charge in [0.1, 0.15) is 0 Å². The summed E-state index contributed by atoms with van der Waals surface area (Å²) < 4.78 is 3.25. The van der Waals surface area contributed by atoms with Gasteiger partial charge in [0.05, 0.1) is 16.4 Å². The molecule has 1 heterocycles. The fourth-order valence-electron chi connectivity index (χ4n) is 2.10. The van der Waals surface area contributed by atoms with Crippen LogP contribution in [0.5, 0.6) is 0 Å². The first-order valence-corrected chi connectivity index (χ1v) is 7.90. The molecule has 2 atom stereocenters. The number of halogens is 1. The largest absolute Gasteiger partial charge is 0.312 e. The van der Waals surface area contributed by atoms with Crippen LogP contribution in [0.1, 0.15) is 66.1 Å². The zero-order valence-corrected chi connectivity index (χ0v) is 14.9. The highest BCUT2D eigenvalue weighted by Crippen LogP contribution is 2.31. The van der Waals surface area contributed by atoms with E-state index in [2.05, 4.69) is 79.5 Å². The Balaban J connectivity index is 2.82. The third-order valence-electron chi connectivity index (χ3n) is 3.52. The lowest BCUT2D eigenvalue weighted by Gasteiger charge is -2.27. The number of nitrogens with zero attached hydrogens (tertiary/aromatic N) is 2. The van der Waals surface area contributed by atoms with E-state index >= 15 is 0 Å². The Labute approximate surface area is 126 Å². The van der Waals surface area contributed by atoms with Crippen molar-refractivity contribution in [3.8, 4) is 0 Å². The van der Waals surface area contributed by atoms with E-state index in [4.69, 9.17) is 0 Å². The summed E-state index contributed by atoms with van der Waals surface area (Å²) in [7, 11) is 0. The highest BCUT2D eigenvalue weighted by atomic mass is 79.9. The lowest BCUT2D eigenvalue weighted by molar-refractivity contribution is 0.347. The lowest BCUT2D eigenvalue weighted by Crippen LogP contribution is -2.39. The number of hydrogen-bond acceptors (Lipinski definition) is 2. The average Bonchev–Trinajstić information content (AvgIpc) is 2.66. The quantitative estimate of drug-likeness (QED) is 0.870. The normalized spacial score (nSPS) is 15.8. The molecule has 0 spiro atoms. The Morgan fingerprint density at radius 2 is 1.84 bits per heavy atom. The zero-order chi connectivity index (χ0) is 14.8. The molecular weight excluding hydrogens is 302 g/mol. The third-order valence-corrected chi connectivity index (χ3v) is 4.13. The first kappa shape index (κ1) is 16.7. The van der Waals surface area contributed by atoms with E-state index in [1.807, 2.05) is 6.20 Å². The third kappa shape index (κ3) is 4.60. The summed E-state index contributed by atoms with van der Waals surface area (Å²) in [6.07, 6.45) is 1.91. The van der Waals surface area contributed by atoms with Gasteiger partial charge in [0, 0.05) is 17.5 Å². The molecule has 0 saturated carbocycles. The summed E-state index contributed by atoms with van der Waals surface area (Å²) in [5.74, 6) is 1.03. The lowest BCUT2D eigenvalue weighted by atomic mass is 9.91. The van der Waals surface area contributed by atoms with Crippen LogP contribution in [0.3, 0.4) is 0 Å². The van der Waals surface area contributed by atoms with Gasteiger partial charge >= 0.3 is 0 Å². The van der Waals surface area contributed by atoms with Gasteiger partial charge in [-0.2, -0.15) is 5.10 Å². The van der Waals surface area contributed by atoms with Gasteiger partial charge in [0.2, 0.25) is 0 Å². The highest BCUT2D eigenvalue weighted by molar-refractivity contribution is 9.10. The maximum Gasteiger partial charge on any atom is 0.0635 e. The topological polar surface area (TPSA) is 29.9 Å². The molecule has 0 aliphatic heterocycles. The first-order chi connectivity index (χ1) is 8.63. The summed E-state index contributed by atoms with van der Waals surface area (Å²) in [5, 5.41) is 8.06. The molecule has 4 heteroatoms. The van der Waals surface area contributed by atoms with Gasteiger partial charge in [-0.25, -0.2) is 0 Å². The van der Waals surface area contributed by atoms with Crippen LogP contribution >= 0.6 is 15.9 Å². The van der Waals surface area contributed by atoms with Gasteiger partial charge in [-0.3, -0.25) is 4.68 Å². The van der Waals surface area contributed by atoms with Crippen molar-refractivity contribution in [2.24, 2.45) is 5.92 Å². The summed E-state index contributed by atoms with van der Waals surface area (Å²) in [6.45, 7) is 16.6. The van der Waals surface area contributed by atoms with Crippen molar-refractivity contribution in [3.63, 3.8) is 0 Å². The molecule has 1 N–H and O–H groups in total. The molecule has 1 aromatic rings. The van der Waals surface area contributed by atoms with Crippen LogP contribution < -0.4 is 5.32 Å². The Morgan fingerprint density at radius 3 is 2.32 bits per heavy atom. The maximum atomic E-state index is 4.48. The molecule has 3 nitrogen and oxygen atoms in total. The minimum absolute atomic E-state index is 0.170. The summed E-state index contributed by atoms with van der Waals surface area (Å²) >= 11 is 3.64. The molecule has 0 saturated heterocycles.